The van der Waals surface area contributed by atoms with Crippen LogP contribution in [0.1, 0.15) is 17.4 Å². The molecule has 150 valence electrons. The molecule has 2 aromatic heterocycles. The third kappa shape index (κ3) is 4.02. The van der Waals surface area contributed by atoms with Crippen molar-refractivity contribution in [3.05, 3.63) is 59.6 Å². The zero-order chi connectivity index (χ0) is 20.2. The Balaban J connectivity index is 1.59. The molecular formula is C21H22N4O3S. The van der Waals surface area contributed by atoms with Crippen molar-refractivity contribution in [1.82, 2.24) is 19.6 Å². The summed E-state index contributed by atoms with van der Waals surface area (Å²) in [5, 5.41) is 6.69. The molecule has 0 radical (unpaired) electrons. The Morgan fingerprint density at radius 1 is 1.03 bits per heavy atom. The van der Waals surface area contributed by atoms with Crippen molar-refractivity contribution in [3.8, 4) is 16.3 Å². The normalized spacial score (nSPS) is 14.1. The van der Waals surface area contributed by atoms with Gasteiger partial charge in [-0.05, 0) is 36.6 Å². The van der Waals surface area contributed by atoms with Crippen LogP contribution in [0.4, 0.5) is 4.79 Å². The van der Waals surface area contributed by atoms with Gasteiger partial charge in [0.1, 0.15) is 11.4 Å². The molecule has 1 aromatic carbocycles. The second-order valence-electron chi connectivity index (χ2n) is 6.62. The number of nitrogens with zero attached hydrogens (tertiary/aromatic N) is 4. The average molecular weight is 410 g/mol. The molecule has 0 aliphatic carbocycles. The summed E-state index contributed by atoms with van der Waals surface area (Å²) in [5.74, 6) is -0.0901. The van der Waals surface area contributed by atoms with E-state index >= 15 is 0 Å². The number of ether oxygens (including phenoxy) is 1. The van der Waals surface area contributed by atoms with Gasteiger partial charge in [0, 0.05) is 26.2 Å². The monoisotopic (exact) mass is 410 g/mol. The third-order valence-corrected chi connectivity index (χ3v) is 5.69. The molecule has 3 aromatic rings. The number of hydrogen-bond acceptors (Lipinski definition) is 5. The maximum absolute atomic E-state index is 13.3. The van der Waals surface area contributed by atoms with E-state index in [-0.39, 0.29) is 12.0 Å². The largest absolute Gasteiger partial charge is 0.450 e. The van der Waals surface area contributed by atoms with Crippen molar-refractivity contribution in [2.24, 2.45) is 0 Å². The molecule has 29 heavy (non-hydrogen) atoms. The molecule has 1 aliphatic heterocycles. The Morgan fingerprint density at radius 2 is 1.76 bits per heavy atom. The van der Waals surface area contributed by atoms with Crippen LogP contribution in [-0.4, -0.2) is 64.4 Å². The fourth-order valence-electron chi connectivity index (χ4n) is 3.31. The van der Waals surface area contributed by atoms with Gasteiger partial charge in [-0.15, -0.1) is 11.3 Å². The highest BCUT2D eigenvalue weighted by Gasteiger charge is 2.28. The second-order valence-corrected chi connectivity index (χ2v) is 7.57. The van der Waals surface area contributed by atoms with E-state index < -0.39 is 0 Å². The lowest BCUT2D eigenvalue weighted by atomic mass is 10.2. The Kier molecular flexibility index (Phi) is 5.62. The number of para-hydroxylation sites is 1. The minimum absolute atomic E-state index is 0.0901. The molecule has 2 amide bonds. The first-order chi connectivity index (χ1) is 14.2. The molecule has 1 aliphatic rings. The van der Waals surface area contributed by atoms with Gasteiger partial charge in [0.2, 0.25) is 0 Å². The zero-order valence-electron chi connectivity index (χ0n) is 16.2. The van der Waals surface area contributed by atoms with E-state index in [9.17, 15) is 9.59 Å². The minimum Gasteiger partial charge on any atom is -0.450 e. The maximum Gasteiger partial charge on any atom is 0.409 e. The van der Waals surface area contributed by atoms with E-state index in [2.05, 4.69) is 0 Å². The van der Waals surface area contributed by atoms with Crippen molar-refractivity contribution in [1.29, 1.82) is 0 Å². The predicted molar refractivity (Wildman–Crippen MR) is 111 cm³/mol. The van der Waals surface area contributed by atoms with E-state index in [0.29, 0.717) is 38.5 Å². The van der Waals surface area contributed by atoms with Crippen LogP contribution in [0.3, 0.4) is 0 Å². The maximum atomic E-state index is 13.3. The standard InChI is InChI=1S/C21H22N4O3S/c1-2-28-21(27)24-12-10-23(11-13-24)20(26)18-15-17(19-9-6-14-29-19)22-25(18)16-7-4-3-5-8-16/h3-9,14-15H,2,10-13H2,1H3. The fourth-order valence-corrected chi connectivity index (χ4v) is 3.99. The van der Waals surface area contributed by atoms with Crippen molar-refractivity contribution >= 4 is 23.3 Å². The number of thiophene rings is 1. The molecule has 1 fully saturated rings. The number of carbonyl (C=O) groups excluding carboxylic acids is 2. The predicted octanol–water partition coefficient (Wildman–Crippen LogP) is 3.52. The molecule has 1 saturated heterocycles. The molecule has 3 heterocycles. The molecule has 8 heteroatoms. The zero-order valence-corrected chi connectivity index (χ0v) is 17.0. The number of aromatic nitrogens is 2. The van der Waals surface area contributed by atoms with Crippen LogP contribution in [-0.2, 0) is 4.74 Å². The van der Waals surface area contributed by atoms with Gasteiger partial charge in [-0.3, -0.25) is 4.79 Å². The summed E-state index contributed by atoms with van der Waals surface area (Å²) in [5.41, 5.74) is 2.13. The van der Waals surface area contributed by atoms with E-state index in [0.717, 1.165) is 16.3 Å². The molecule has 4 rings (SSSR count). The number of rotatable bonds is 4. The van der Waals surface area contributed by atoms with Crippen LogP contribution < -0.4 is 0 Å². The Morgan fingerprint density at radius 3 is 2.41 bits per heavy atom. The first kappa shape index (κ1) is 19.2. The van der Waals surface area contributed by atoms with Crippen LogP contribution >= 0.6 is 11.3 Å². The highest BCUT2D eigenvalue weighted by atomic mass is 32.1. The number of benzene rings is 1. The molecule has 0 spiro atoms. The van der Waals surface area contributed by atoms with Gasteiger partial charge in [-0.1, -0.05) is 24.3 Å². The summed E-state index contributed by atoms with van der Waals surface area (Å²) in [6, 6.07) is 15.5. The van der Waals surface area contributed by atoms with Gasteiger partial charge in [0.25, 0.3) is 5.91 Å². The first-order valence-corrected chi connectivity index (χ1v) is 10.5. The van der Waals surface area contributed by atoms with Crippen molar-refractivity contribution in [3.63, 3.8) is 0 Å². The van der Waals surface area contributed by atoms with Crippen molar-refractivity contribution < 1.29 is 14.3 Å². The smallest absolute Gasteiger partial charge is 0.409 e. The van der Waals surface area contributed by atoms with Crippen LogP contribution in [0.5, 0.6) is 0 Å². The van der Waals surface area contributed by atoms with E-state index in [1.54, 1.807) is 32.7 Å². The van der Waals surface area contributed by atoms with Crippen molar-refractivity contribution in [2.75, 3.05) is 32.8 Å². The molecule has 0 unspecified atom stereocenters. The Labute approximate surface area is 173 Å². The lowest BCUT2D eigenvalue weighted by Crippen LogP contribution is -2.51. The van der Waals surface area contributed by atoms with Crippen LogP contribution in [0.25, 0.3) is 16.3 Å². The minimum atomic E-state index is -0.325. The highest BCUT2D eigenvalue weighted by molar-refractivity contribution is 7.13. The molecule has 7 nitrogen and oxygen atoms in total. The second kappa shape index (κ2) is 8.48. The number of hydrogen-bond donors (Lipinski definition) is 0. The van der Waals surface area contributed by atoms with Gasteiger partial charge in [0.05, 0.1) is 17.2 Å². The summed E-state index contributed by atoms with van der Waals surface area (Å²) in [7, 11) is 0. The van der Waals surface area contributed by atoms with Gasteiger partial charge in [0.15, 0.2) is 0 Å². The topological polar surface area (TPSA) is 67.7 Å². The molecule has 0 saturated carbocycles. The fraction of sp³-hybridized carbons (Fsp3) is 0.286. The molecule has 0 atom stereocenters. The summed E-state index contributed by atoms with van der Waals surface area (Å²) in [4.78, 5) is 29.6. The molecule has 0 N–H and O–H groups in total. The number of amides is 2. The lowest BCUT2D eigenvalue weighted by Gasteiger charge is -2.34. The van der Waals surface area contributed by atoms with Crippen LogP contribution in [0.15, 0.2) is 53.9 Å². The Bertz CT molecular complexity index is 977. The van der Waals surface area contributed by atoms with Gasteiger partial charge >= 0.3 is 6.09 Å². The summed E-state index contributed by atoms with van der Waals surface area (Å²) in [6.45, 7) is 3.98. The van der Waals surface area contributed by atoms with Gasteiger partial charge < -0.3 is 14.5 Å². The van der Waals surface area contributed by atoms with Crippen molar-refractivity contribution in [2.45, 2.75) is 6.92 Å². The average Bonchev–Trinajstić information content (AvgIpc) is 3.44. The third-order valence-electron chi connectivity index (χ3n) is 4.80. The number of piperazine rings is 1. The number of carbonyl (C=O) groups is 2. The molecule has 0 bridgehead atoms. The van der Waals surface area contributed by atoms with Crippen LogP contribution in [0.2, 0.25) is 0 Å². The first-order valence-electron chi connectivity index (χ1n) is 9.57. The highest BCUT2D eigenvalue weighted by Crippen LogP contribution is 2.26. The SMILES string of the molecule is CCOC(=O)N1CCN(C(=O)c2cc(-c3cccs3)nn2-c2ccccc2)CC1. The summed E-state index contributed by atoms with van der Waals surface area (Å²) in [6.07, 6.45) is -0.325. The van der Waals surface area contributed by atoms with E-state index in [4.69, 9.17) is 9.84 Å². The summed E-state index contributed by atoms with van der Waals surface area (Å²) < 4.78 is 6.76. The van der Waals surface area contributed by atoms with E-state index in [1.165, 1.54) is 0 Å². The molecular weight excluding hydrogens is 388 g/mol. The lowest BCUT2D eigenvalue weighted by molar-refractivity contribution is 0.0563. The van der Waals surface area contributed by atoms with Gasteiger partial charge in [-0.2, -0.15) is 5.10 Å². The quantitative estimate of drug-likeness (QED) is 0.660. The Hall–Kier alpha value is -3.13. The van der Waals surface area contributed by atoms with E-state index in [1.807, 2.05) is 53.9 Å². The summed E-state index contributed by atoms with van der Waals surface area (Å²) >= 11 is 1.59. The van der Waals surface area contributed by atoms with Crippen LogP contribution in [0, 0.1) is 0 Å². The van der Waals surface area contributed by atoms with Gasteiger partial charge in [-0.25, -0.2) is 9.48 Å².